The van der Waals surface area contributed by atoms with Crippen LogP contribution in [0.1, 0.15) is 30.4 Å². The largest absolute Gasteiger partial charge is 0.347 e. The van der Waals surface area contributed by atoms with Crippen LogP contribution in [0.25, 0.3) is 0 Å². The molecule has 0 bridgehead atoms. The van der Waals surface area contributed by atoms with Crippen LogP contribution in [0, 0.1) is 5.92 Å². The Morgan fingerprint density at radius 3 is 2.60 bits per heavy atom. The van der Waals surface area contributed by atoms with Crippen LogP contribution in [0.3, 0.4) is 0 Å². The Morgan fingerprint density at radius 2 is 1.84 bits per heavy atom. The number of para-hydroxylation sites is 1. The van der Waals surface area contributed by atoms with Crippen LogP contribution < -0.4 is 10.6 Å². The molecule has 2 aromatic carbocycles. The molecule has 0 aliphatic heterocycles. The topological polar surface area (TPSA) is 58.2 Å². The highest BCUT2D eigenvalue weighted by molar-refractivity contribution is 6.31. The Balaban J connectivity index is 1.50. The number of rotatable bonds is 6. The minimum absolute atomic E-state index is 0.0252. The van der Waals surface area contributed by atoms with E-state index in [-0.39, 0.29) is 30.2 Å². The number of hydrogen-bond donors (Lipinski definition) is 2. The molecule has 1 fully saturated rings. The predicted octanol–water partition coefficient (Wildman–Crippen LogP) is 3.76. The lowest BCUT2D eigenvalue weighted by molar-refractivity contribution is -0.125. The lowest BCUT2D eigenvalue weighted by atomic mass is 10.1. The molecule has 2 amide bonds. The highest BCUT2D eigenvalue weighted by Crippen LogP contribution is 2.49. The van der Waals surface area contributed by atoms with E-state index in [9.17, 15) is 9.59 Å². The van der Waals surface area contributed by atoms with E-state index < -0.39 is 0 Å². The smallest absolute Gasteiger partial charge is 0.243 e. The number of benzene rings is 2. The zero-order chi connectivity index (χ0) is 17.8. The molecule has 130 valence electrons. The fraction of sp³-hybridized carbons (Fsp3) is 0.300. The van der Waals surface area contributed by atoms with Gasteiger partial charge in [0, 0.05) is 16.6 Å². The molecule has 0 aromatic heterocycles. The first-order valence-corrected chi connectivity index (χ1v) is 8.87. The zero-order valence-electron chi connectivity index (χ0n) is 14.1. The van der Waals surface area contributed by atoms with E-state index in [1.165, 1.54) is 0 Å². The van der Waals surface area contributed by atoms with E-state index in [0.29, 0.717) is 5.02 Å². The van der Waals surface area contributed by atoms with Crippen molar-refractivity contribution in [1.82, 2.24) is 5.32 Å². The molecular formula is C20H21ClN2O2. The summed E-state index contributed by atoms with van der Waals surface area (Å²) >= 11 is 6.18. The van der Waals surface area contributed by atoms with E-state index in [1.807, 2.05) is 55.5 Å². The molecule has 3 rings (SSSR count). The first-order chi connectivity index (χ1) is 12.1. The van der Waals surface area contributed by atoms with Gasteiger partial charge in [0.15, 0.2) is 0 Å². The summed E-state index contributed by atoms with van der Waals surface area (Å²) in [6.45, 7) is 2.01. The average molecular weight is 357 g/mol. The van der Waals surface area contributed by atoms with Crippen LogP contribution in [0.15, 0.2) is 48.5 Å². The molecule has 2 N–H and O–H groups in total. The summed E-state index contributed by atoms with van der Waals surface area (Å²) < 4.78 is 0. The molecule has 2 atom stereocenters. The van der Waals surface area contributed by atoms with Crippen molar-refractivity contribution in [3.8, 4) is 0 Å². The summed E-state index contributed by atoms with van der Waals surface area (Å²) in [7, 11) is 0. The van der Waals surface area contributed by atoms with Crippen molar-refractivity contribution in [3.05, 3.63) is 64.7 Å². The van der Waals surface area contributed by atoms with Crippen LogP contribution in [-0.4, -0.2) is 18.4 Å². The summed E-state index contributed by atoms with van der Waals surface area (Å²) in [5, 5.41) is 6.27. The fourth-order valence-corrected chi connectivity index (χ4v) is 3.32. The summed E-state index contributed by atoms with van der Waals surface area (Å²) in [4.78, 5) is 24.3. The molecular weight excluding hydrogens is 336 g/mol. The maximum Gasteiger partial charge on any atom is 0.243 e. The Bertz CT molecular complexity index is 791. The minimum Gasteiger partial charge on any atom is -0.347 e. The van der Waals surface area contributed by atoms with Crippen molar-refractivity contribution in [2.75, 3.05) is 11.9 Å². The second-order valence-electron chi connectivity index (χ2n) is 6.25. The van der Waals surface area contributed by atoms with E-state index in [2.05, 4.69) is 10.6 Å². The first-order valence-electron chi connectivity index (χ1n) is 8.50. The monoisotopic (exact) mass is 356 g/mol. The number of amides is 2. The summed E-state index contributed by atoms with van der Waals surface area (Å²) in [6.07, 6.45) is 1.61. The number of carbonyl (C=O) groups is 2. The molecule has 1 saturated carbocycles. The number of halogens is 1. The summed E-state index contributed by atoms with van der Waals surface area (Å²) in [6, 6.07) is 15.3. The molecule has 0 saturated heterocycles. The second kappa shape index (κ2) is 7.70. The van der Waals surface area contributed by atoms with Gasteiger partial charge in [-0.2, -0.15) is 0 Å². The van der Waals surface area contributed by atoms with Crippen molar-refractivity contribution < 1.29 is 9.59 Å². The lowest BCUT2D eigenvalue weighted by Gasteiger charge is -2.10. The van der Waals surface area contributed by atoms with Gasteiger partial charge in [0.05, 0.1) is 6.54 Å². The van der Waals surface area contributed by atoms with Crippen LogP contribution in [0.2, 0.25) is 5.02 Å². The van der Waals surface area contributed by atoms with Crippen molar-refractivity contribution >= 4 is 29.1 Å². The molecule has 1 aliphatic rings. The van der Waals surface area contributed by atoms with Gasteiger partial charge in [-0.3, -0.25) is 9.59 Å². The molecule has 2 aromatic rings. The maximum absolute atomic E-state index is 12.2. The Hall–Kier alpha value is -2.33. The van der Waals surface area contributed by atoms with Gasteiger partial charge in [0.2, 0.25) is 11.8 Å². The third-order valence-electron chi connectivity index (χ3n) is 4.53. The molecule has 4 nitrogen and oxygen atoms in total. The highest BCUT2D eigenvalue weighted by Gasteiger charge is 2.44. The summed E-state index contributed by atoms with van der Waals surface area (Å²) in [5.74, 6) is -0.263. The Kier molecular flexibility index (Phi) is 5.39. The van der Waals surface area contributed by atoms with Gasteiger partial charge >= 0.3 is 0 Å². The maximum atomic E-state index is 12.2. The molecule has 0 heterocycles. The highest BCUT2D eigenvalue weighted by atomic mass is 35.5. The molecule has 0 spiro atoms. The van der Waals surface area contributed by atoms with Crippen molar-refractivity contribution in [2.45, 2.75) is 25.7 Å². The van der Waals surface area contributed by atoms with Crippen molar-refractivity contribution in [3.63, 3.8) is 0 Å². The molecule has 5 heteroatoms. The van der Waals surface area contributed by atoms with Gasteiger partial charge in [-0.25, -0.2) is 0 Å². The van der Waals surface area contributed by atoms with Crippen LogP contribution in [0.5, 0.6) is 0 Å². The second-order valence-corrected chi connectivity index (χ2v) is 6.65. The lowest BCUT2D eigenvalue weighted by Crippen LogP contribution is -2.34. The number of hydrogen-bond acceptors (Lipinski definition) is 2. The minimum atomic E-state index is -0.218. The zero-order valence-corrected chi connectivity index (χ0v) is 14.8. The molecule has 2 unspecified atom stereocenters. The standard InChI is InChI=1S/C20H21ClN2O2/c1-2-13-7-3-6-10-18(13)23-19(24)12-22-20(25)16-11-15(16)14-8-4-5-9-17(14)21/h3-10,15-16H,2,11-12H2,1H3,(H,22,25)(H,23,24). The van der Waals surface area contributed by atoms with E-state index >= 15 is 0 Å². The quantitative estimate of drug-likeness (QED) is 0.827. The van der Waals surface area contributed by atoms with Gasteiger partial charge in [0.1, 0.15) is 0 Å². The van der Waals surface area contributed by atoms with Crippen LogP contribution >= 0.6 is 11.6 Å². The first kappa shape index (κ1) is 17.5. The molecule has 1 aliphatic carbocycles. The van der Waals surface area contributed by atoms with Crippen molar-refractivity contribution in [2.24, 2.45) is 5.92 Å². The number of anilines is 1. The molecule has 0 radical (unpaired) electrons. The fourth-order valence-electron chi connectivity index (χ4n) is 3.05. The average Bonchev–Trinajstić information content (AvgIpc) is 3.41. The Morgan fingerprint density at radius 1 is 1.12 bits per heavy atom. The third kappa shape index (κ3) is 4.20. The van der Waals surface area contributed by atoms with E-state index in [4.69, 9.17) is 11.6 Å². The number of carbonyl (C=O) groups excluding carboxylic acids is 2. The number of aryl methyl sites for hydroxylation is 1. The van der Waals surface area contributed by atoms with E-state index in [1.54, 1.807) is 0 Å². The van der Waals surface area contributed by atoms with Crippen molar-refractivity contribution in [1.29, 1.82) is 0 Å². The SMILES string of the molecule is CCc1ccccc1NC(=O)CNC(=O)C1CC1c1ccccc1Cl. The van der Waals surface area contributed by atoms with Gasteiger partial charge in [0.25, 0.3) is 0 Å². The normalized spacial score (nSPS) is 18.5. The van der Waals surface area contributed by atoms with Crippen LogP contribution in [-0.2, 0) is 16.0 Å². The van der Waals surface area contributed by atoms with E-state index in [0.717, 1.165) is 29.7 Å². The summed E-state index contributed by atoms with van der Waals surface area (Å²) in [5.41, 5.74) is 2.87. The van der Waals surface area contributed by atoms with Gasteiger partial charge in [-0.15, -0.1) is 0 Å². The third-order valence-corrected chi connectivity index (χ3v) is 4.87. The predicted molar refractivity (Wildman–Crippen MR) is 99.8 cm³/mol. The number of nitrogens with one attached hydrogen (secondary N) is 2. The van der Waals surface area contributed by atoms with Gasteiger partial charge < -0.3 is 10.6 Å². The molecule has 25 heavy (non-hydrogen) atoms. The van der Waals surface area contributed by atoms with Gasteiger partial charge in [-0.1, -0.05) is 54.9 Å². The Labute approximate surface area is 152 Å². The van der Waals surface area contributed by atoms with Gasteiger partial charge in [-0.05, 0) is 42.0 Å². The van der Waals surface area contributed by atoms with Crippen LogP contribution in [0.4, 0.5) is 5.69 Å².